The van der Waals surface area contributed by atoms with Crippen molar-refractivity contribution in [2.75, 3.05) is 6.54 Å². The van der Waals surface area contributed by atoms with Crippen molar-refractivity contribution in [3.63, 3.8) is 0 Å². The molecule has 1 heterocycles. The number of sulfonamides is 1. The number of aliphatic carboxylic acids is 1. The number of rotatable bonds is 7. The summed E-state index contributed by atoms with van der Waals surface area (Å²) in [5.41, 5.74) is 0. The molecule has 0 fully saturated rings. The zero-order valence-corrected chi connectivity index (χ0v) is 12.4. The number of ether oxygens (including phenoxy) is 1. The number of nitrogens with one attached hydrogen (secondary N) is 1. The predicted octanol–water partition coefficient (Wildman–Crippen LogP) is -0.243. The third kappa shape index (κ3) is 4.02. The highest BCUT2D eigenvalue weighted by Gasteiger charge is 2.15. The molecule has 0 aliphatic heterocycles. The number of hydrogen-bond donors (Lipinski definition) is 2. The Balaban J connectivity index is 2.01. The maximum Gasteiger partial charge on any atom is 0.318 e. The molecular weight excluding hydrogens is 312 g/mol. The topological polar surface area (TPSA) is 123 Å². The zero-order chi connectivity index (χ0) is 16.2. The van der Waals surface area contributed by atoms with Gasteiger partial charge in [0.05, 0.1) is 4.90 Å². The predicted molar refractivity (Wildman–Crippen MR) is 74.6 cm³/mol. The Morgan fingerprint density at radius 1 is 1.36 bits per heavy atom. The second kappa shape index (κ2) is 6.54. The Hall–Kier alpha value is -2.46. The first kappa shape index (κ1) is 15.9. The van der Waals surface area contributed by atoms with Crippen molar-refractivity contribution in [1.82, 2.24) is 19.5 Å². The van der Waals surface area contributed by atoms with Crippen molar-refractivity contribution in [2.45, 2.75) is 11.5 Å². The van der Waals surface area contributed by atoms with Gasteiger partial charge in [-0.25, -0.2) is 13.4 Å². The molecule has 0 bridgehead atoms. The molecule has 0 saturated heterocycles. The maximum absolute atomic E-state index is 11.8. The lowest BCUT2D eigenvalue weighted by Gasteiger charge is -2.07. The van der Waals surface area contributed by atoms with E-state index in [1.165, 1.54) is 30.6 Å². The summed E-state index contributed by atoms with van der Waals surface area (Å²) in [5, 5.41) is 12.4. The largest absolute Gasteiger partial charge is 0.486 e. The second-order valence-corrected chi connectivity index (χ2v) is 6.05. The van der Waals surface area contributed by atoms with Crippen LogP contribution in [0.1, 0.15) is 5.82 Å². The molecule has 0 aliphatic rings. The number of nitrogens with zero attached hydrogens (tertiary/aromatic N) is 3. The summed E-state index contributed by atoms with van der Waals surface area (Å²) >= 11 is 0. The Morgan fingerprint density at radius 2 is 2.05 bits per heavy atom. The normalized spacial score (nSPS) is 11.3. The van der Waals surface area contributed by atoms with E-state index in [1.807, 2.05) is 4.72 Å². The summed E-state index contributed by atoms with van der Waals surface area (Å²) in [7, 11) is -2.12. The van der Waals surface area contributed by atoms with Gasteiger partial charge in [0.2, 0.25) is 10.0 Å². The Labute approximate surface area is 126 Å². The number of carboxylic acids is 1. The molecule has 10 heteroatoms. The standard InChI is InChI=1S/C12H14N4O5S/c1-16-11(13-8-14-16)7-21-9-2-4-10(5-3-9)22(19,20)15-6-12(17)18/h2-5,8,15H,6-7H2,1H3,(H,17,18). The number of carbonyl (C=O) groups is 1. The molecule has 2 N–H and O–H groups in total. The maximum atomic E-state index is 11.8. The molecule has 2 aromatic rings. The highest BCUT2D eigenvalue weighted by atomic mass is 32.2. The summed E-state index contributed by atoms with van der Waals surface area (Å²) in [6.07, 6.45) is 1.41. The lowest BCUT2D eigenvalue weighted by Crippen LogP contribution is -2.29. The van der Waals surface area contributed by atoms with E-state index < -0.39 is 22.5 Å². The first-order valence-corrected chi connectivity index (χ1v) is 7.64. The quantitative estimate of drug-likeness (QED) is 0.719. The molecule has 1 aromatic carbocycles. The molecule has 0 aliphatic carbocycles. The van der Waals surface area contributed by atoms with Crippen molar-refractivity contribution >= 4 is 16.0 Å². The van der Waals surface area contributed by atoms with Gasteiger partial charge in [-0.3, -0.25) is 9.48 Å². The van der Waals surface area contributed by atoms with Crippen LogP contribution in [0.15, 0.2) is 35.5 Å². The minimum atomic E-state index is -3.85. The number of aromatic nitrogens is 3. The van der Waals surface area contributed by atoms with Gasteiger partial charge in [-0.05, 0) is 24.3 Å². The van der Waals surface area contributed by atoms with Crippen molar-refractivity contribution in [1.29, 1.82) is 0 Å². The van der Waals surface area contributed by atoms with Gasteiger partial charge < -0.3 is 9.84 Å². The van der Waals surface area contributed by atoms with Crippen LogP contribution in [0.5, 0.6) is 5.75 Å². The fourth-order valence-corrected chi connectivity index (χ4v) is 2.53. The van der Waals surface area contributed by atoms with E-state index in [0.717, 1.165) is 0 Å². The summed E-state index contributed by atoms with van der Waals surface area (Å²) in [4.78, 5) is 14.3. The molecular formula is C12H14N4O5S. The monoisotopic (exact) mass is 326 g/mol. The molecule has 0 unspecified atom stereocenters. The SMILES string of the molecule is Cn1ncnc1COc1ccc(S(=O)(=O)NCC(=O)O)cc1. The molecule has 22 heavy (non-hydrogen) atoms. The van der Waals surface area contributed by atoms with Crippen LogP contribution in [0.3, 0.4) is 0 Å². The van der Waals surface area contributed by atoms with Crippen LogP contribution in [-0.2, 0) is 28.5 Å². The van der Waals surface area contributed by atoms with Crippen LogP contribution < -0.4 is 9.46 Å². The fraction of sp³-hybridized carbons (Fsp3) is 0.250. The van der Waals surface area contributed by atoms with Gasteiger partial charge in [0.15, 0.2) is 5.82 Å². The van der Waals surface area contributed by atoms with Gasteiger partial charge in [0.25, 0.3) is 0 Å². The van der Waals surface area contributed by atoms with E-state index >= 15 is 0 Å². The number of benzene rings is 1. The molecule has 0 saturated carbocycles. The van der Waals surface area contributed by atoms with Gasteiger partial charge in [0, 0.05) is 7.05 Å². The molecule has 2 rings (SSSR count). The van der Waals surface area contributed by atoms with E-state index in [1.54, 1.807) is 11.7 Å². The Morgan fingerprint density at radius 3 is 2.59 bits per heavy atom. The number of carboxylic acid groups (broad SMARTS) is 1. The van der Waals surface area contributed by atoms with Crippen molar-refractivity contribution in [3.8, 4) is 5.75 Å². The van der Waals surface area contributed by atoms with Crippen LogP contribution in [0.25, 0.3) is 0 Å². The molecule has 9 nitrogen and oxygen atoms in total. The lowest BCUT2D eigenvalue weighted by molar-refractivity contribution is -0.135. The summed E-state index contributed by atoms with van der Waals surface area (Å²) < 4.78 is 32.6. The van der Waals surface area contributed by atoms with Crippen LogP contribution in [-0.4, -0.2) is 40.8 Å². The van der Waals surface area contributed by atoms with Crippen molar-refractivity contribution in [3.05, 3.63) is 36.4 Å². The Kier molecular flexibility index (Phi) is 4.73. The third-order valence-corrected chi connectivity index (χ3v) is 4.14. The number of hydrogen-bond acceptors (Lipinski definition) is 6. The zero-order valence-electron chi connectivity index (χ0n) is 11.6. The molecule has 0 atom stereocenters. The molecule has 0 spiro atoms. The molecule has 118 valence electrons. The van der Waals surface area contributed by atoms with Crippen molar-refractivity contribution in [2.24, 2.45) is 7.05 Å². The van der Waals surface area contributed by atoms with Gasteiger partial charge >= 0.3 is 5.97 Å². The average Bonchev–Trinajstić information content (AvgIpc) is 2.89. The second-order valence-electron chi connectivity index (χ2n) is 4.28. The Bertz CT molecular complexity index is 754. The average molecular weight is 326 g/mol. The molecule has 0 amide bonds. The van der Waals surface area contributed by atoms with E-state index in [9.17, 15) is 13.2 Å². The summed E-state index contributed by atoms with van der Waals surface area (Å²) in [6, 6.07) is 5.61. The van der Waals surface area contributed by atoms with E-state index in [0.29, 0.717) is 11.6 Å². The molecule has 1 aromatic heterocycles. The highest BCUT2D eigenvalue weighted by Crippen LogP contribution is 2.16. The summed E-state index contributed by atoms with van der Waals surface area (Å²) in [6.45, 7) is -0.480. The first-order valence-electron chi connectivity index (χ1n) is 6.15. The smallest absolute Gasteiger partial charge is 0.318 e. The van der Waals surface area contributed by atoms with Crippen LogP contribution >= 0.6 is 0 Å². The van der Waals surface area contributed by atoms with Gasteiger partial charge in [-0.1, -0.05) is 0 Å². The van der Waals surface area contributed by atoms with Gasteiger partial charge in [0.1, 0.15) is 25.2 Å². The van der Waals surface area contributed by atoms with Gasteiger partial charge in [-0.2, -0.15) is 9.82 Å². The highest BCUT2D eigenvalue weighted by molar-refractivity contribution is 7.89. The van der Waals surface area contributed by atoms with Gasteiger partial charge in [-0.15, -0.1) is 0 Å². The molecule has 0 radical (unpaired) electrons. The van der Waals surface area contributed by atoms with Crippen LogP contribution in [0, 0.1) is 0 Å². The number of aryl methyl sites for hydroxylation is 1. The van der Waals surface area contributed by atoms with E-state index in [4.69, 9.17) is 9.84 Å². The minimum Gasteiger partial charge on any atom is -0.486 e. The first-order chi connectivity index (χ1) is 10.4. The van der Waals surface area contributed by atoms with Crippen LogP contribution in [0.2, 0.25) is 0 Å². The van der Waals surface area contributed by atoms with E-state index in [2.05, 4.69) is 10.1 Å². The fourth-order valence-electron chi connectivity index (χ4n) is 1.55. The third-order valence-electron chi connectivity index (χ3n) is 2.72. The van der Waals surface area contributed by atoms with E-state index in [-0.39, 0.29) is 11.5 Å². The van der Waals surface area contributed by atoms with Crippen LogP contribution in [0.4, 0.5) is 0 Å². The summed E-state index contributed by atoms with van der Waals surface area (Å²) in [5.74, 6) is -0.174. The lowest BCUT2D eigenvalue weighted by atomic mass is 10.3. The minimum absolute atomic E-state index is 0.0419. The van der Waals surface area contributed by atoms with Crippen molar-refractivity contribution < 1.29 is 23.1 Å².